The summed E-state index contributed by atoms with van der Waals surface area (Å²) < 4.78 is 12.7. The number of amides is 1. The summed E-state index contributed by atoms with van der Waals surface area (Å²) in [5.74, 6) is 0.654. The number of nitrogens with one attached hydrogen (secondary N) is 1. The molecule has 0 aromatic heterocycles. The van der Waals surface area contributed by atoms with Crippen molar-refractivity contribution in [2.45, 2.75) is 13.5 Å². The Labute approximate surface area is 212 Å². The van der Waals surface area contributed by atoms with Crippen LogP contribution in [0.25, 0.3) is 16.8 Å². The summed E-state index contributed by atoms with van der Waals surface area (Å²) in [5, 5.41) is 14.6. The molecule has 174 valence electrons. The molecule has 1 amide bonds. The zero-order valence-corrected chi connectivity index (χ0v) is 20.7. The van der Waals surface area contributed by atoms with Gasteiger partial charge in [0.2, 0.25) is 0 Å². The van der Waals surface area contributed by atoms with Crippen LogP contribution in [0.2, 0.25) is 0 Å². The molecular formula is C29H23BrN2O3. The Bertz CT molecular complexity index is 1440. The summed E-state index contributed by atoms with van der Waals surface area (Å²) in [5.41, 5.74) is 2.29. The van der Waals surface area contributed by atoms with Gasteiger partial charge in [-0.3, -0.25) is 4.79 Å². The van der Waals surface area contributed by atoms with Crippen LogP contribution in [0, 0.1) is 11.3 Å². The molecule has 0 heterocycles. The number of carbonyl (C=O) groups excluding carboxylic acids is 1. The standard InChI is InChI=1S/C29H23BrN2O3/c1-2-34-28-16-20(14-24(18-31)29(33)32-26-9-5-8-25(30)17-26)11-13-27(28)35-19-21-10-12-22-6-3-4-7-23(22)15-21/h3-17H,2,19H2,1H3,(H,32,33)/b24-14-. The minimum atomic E-state index is -0.486. The highest BCUT2D eigenvalue weighted by atomic mass is 79.9. The second-order valence-corrected chi connectivity index (χ2v) is 8.66. The van der Waals surface area contributed by atoms with Crippen molar-refractivity contribution in [3.8, 4) is 17.6 Å². The lowest BCUT2D eigenvalue weighted by Gasteiger charge is -2.13. The number of halogens is 1. The van der Waals surface area contributed by atoms with Crippen molar-refractivity contribution in [2.24, 2.45) is 0 Å². The number of hydrogen-bond donors (Lipinski definition) is 1. The van der Waals surface area contributed by atoms with Gasteiger partial charge in [-0.25, -0.2) is 0 Å². The molecule has 0 atom stereocenters. The van der Waals surface area contributed by atoms with Gasteiger partial charge in [0.1, 0.15) is 18.2 Å². The van der Waals surface area contributed by atoms with Gasteiger partial charge in [-0.05, 0) is 71.3 Å². The van der Waals surface area contributed by atoms with Gasteiger partial charge in [0.05, 0.1) is 6.61 Å². The van der Waals surface area contributed by atoms with Crippen molar-refractivity contribution in [1.29, 1.82) is 5.26 Å². The quantitative estimate of drug-likeness (QED) is 0.196. The van der Waals surface area contributed by atoms with Crippen LogP contribution in [0.4, 0.5) is 5.69 Å². The average molecular weight is 527 g/mol. The molecule has 0 aliphatic rings. The summed E-state index contributed by atoms with van der Waals surface area (Å²) in [4.78, 5) is 12.6. The van der Waals surface area contributed by atoms with Crippen LogP contribution >= 0.6 is 15.9 Å². The fraction of sp³-hybridized carbons (Fsp3) is 0.103. The lowest BCUT2D eigenvalue weighted by molar-refractivity contribution is -0.112. The molecule has 4 rings (SSSR count). The molecule has 0 spiro atoms. The fourth-order valence-electron chi connectivity index (χ4n) is 3.57. The van der Waals surface area contributed by atoms with Crippen molar-refractivity contribution >= 4 is 44.4 Å². The third-order valence-electron chi connectivity index (χ3n) is 5.23. The van der Waals surface area contributed by atoms with E-state index in [2.05, 4.69) is 45.5 Å². The molecule has 4 aromatic rings. The normalized spacial score (nSPS) is 11.1. The van der Waals surface area contributed by atoms with E-state index in [1.54, 1.807) is 36.4 Å². The van der Waals surface area contributed by atoms with E-state index < -0.39 is 5.91 Å². The van der Waals surface area contributed by atoms with Crippen molar-refractivity contribution in [2.75, 3.05) is 11.9 Å². The third-order valence-corrected chi connectivity index (χ3v) is 5.73. The van der Waals surface area contributed by atoms with Crippen LogP contribution < -0.4 is 14.8 Å². The first-order valence-corrected chi connectivity index (χ1v) is 11.9. The van der Waals surface area contributed by atoms with Gasteiger partial charge in [0, 0.05) is 10.2 Å². The van der Waals surface area contributed by atoms with Crippen LogP contribution in [-0.2, 0) is 11.4 Å². The van der Waals surface area contributed by atoms with Crippen molar-refractivity contribution in [3.63, 3.8) is 0 Å². The number of nitrogens with zero attached hydrogens (tertiary/aromatic N) is 1. The Morgan fingerprint density at radius 2 is 1.77 bits per heavy atom. The molecule has 0 fully saturated rings. The Morgan fingerprint density at radius 3 is 2.54 bits per heavy atom. The van der Waals surface area contributed by atoms with Gasteiger partial charge in [0.25, 0.3) is 5.91 Å². The number of nitriles is 1. The van der Waals surface area contributed by atoms with Crippen LogP contribution in [0.5, 0.6) is 11.5 Å². The Hall–Kier alpha value is -4.08. The van der Waals surface area contributed by atoms with Crippen molar-refractivity contribution in [3.05, 3.63) is 106 Å². The van der Waals surface area contributed by atoms with Gasteiger partial charge >= 0.3 is 0 Å². The number of anilines is 1. The van der Waals surface area contributed by atoms with Gasteiger partial charge in [0.15, 0.2) is 11.5 Å². The number of hydrogen-bond acceptors (Lipinski definition) is 4. The van der Waals surface area contributed by atoms with Gasteiger partial charge in [-0.1, -0.05) is 64.5 Å². The molecule has 0 saturated carbocycles. The summed E-state index contributed by atoms with van der Waals surface area (Å²) in [7, 11) is 0. The molecule has 6 heteroatoms. The number of benzene rings is 4. The smallest absolute Gasteiger partial charge is 0.266 e. The zero-order valence-electron chi connectivity index (χ0n) is 19.1. The minimum Gasteiger partial charge on any atom is -0.490 e. The van der Waals surface area contributed by atoms with E-state index in [1.807, 2.05) is 37.3 Å². The molecule has 0 saturated heterocycles. The summed E-state index contributed by atoms with van der Waals surface area (Å²) in [6.45, 7) is 2.73. The number of carbonyl (C=O) groups is 1. The number of rotatable bonds is 8. The fourth-order valence-corrected chi connectivity index (χ4v) is 3.97. The maximum atomic E-state index is 12.6. The molecule has 0 aliphatic carbocycles. The van der Waals surface area contributed by atoms with Gasteiger partial charge in [-0.2, -0.15) is 5.26 Å². The maximum absolute atomic E-state index is 12.6. The first-order chi connectivity index (χ1) is 17.1. The van der Waals surface area contributed by atoms with Crippen LogP contribution in [-0.4, -0.2) is 12.5 Å². The predicted octanol–water partition coefficient (Wildman–Crippen LogP) is 7.13. The molecule has 35 heavy (non-hydrogen) atoms. The molecule has 0 unspecified atom stereocenters. The molecule has 0 aliphatic heterocycles. The molecule has 4 aromatic carbocycles. The lowest BCUT2D eigenvalue weighted by atomic mass is 10.1. The van der Waals surface area contributed by atoms with Crippen LogP contribution in [0.15, 0.2) is 95.0 Å². The van der Waals surface area contributed by atoms with Crippen molar-refractivity contribution in [1.82, 2.24) is 0 Å². The maximum Gasteiger partial charge on any atom is 0.266 e. The van der Waals surface area contributed by atoms with E-state index in [0.29, 0.717) is 36.0 Å². The molecule has 0 bridgehead atoms. The SMILES string of the molecule is CCOc1cc(/C=C(/C#N)C(=O)Nc2cccc(Br)c2)ccc1OCc1ccc2ccccc2c1. The van der Waals surface area contributed by atoms with Crippen molar-refractivity contribution < 1.29 is 14.3 Å². The first-order valence-electron chi connectivity index (χ1n) is 11.1. The molecular weight excluding hydrogens is 504 g/mol. The third kappa shape index (κ3) is 6.28. The molecule has 0 radical (unpaired) electrons. The second kappa shape index (κ2) is 11.4. The van der Waals surface area contributed by atoms with Crippen LogP contribution in [0.1, 0.15) is 18.1 Å². The summed E-state index contributed by atoms with van der Waals surface area (Å²) in [6.07, 6.45) is 1.53. The van der Waals surface area contributed by atoms with E-state index >= 15 is 0 Å². The molecule has 5 nitrogen and oxygen atoms in total. The Balaban J connectivity index is 1.51. The highest BCUT2D eigenvalue weighted by molar-refractivity contribution is 9.10. The van der Waals surface area contributed by atoms with Gasteiger partial charge < -0.3 is 14.8 Å². The second-order valence-electron chi connectivity index (χ2n) is 7.74. The van der Waals surface area contributed by atoms with E-state index in [0.717, 1.165) is 15.4 Å². The first kappa shape index (κ1) is 24.1. The van der Waals surface area contributed by atoms with Crippen LogP contribution in [0.3, 0.4) is 0 Å². The van der Waals surface area contributed by atoms with E-state index in [-0.39, 0.29) is 5.57 Å². The van der Waals surface area contributed by atoms with Gasteiger partial charge in [-0.15, -0.1) is 0 Å². The zero-order chi connectivity index (χ0) is 24.6. The van der Waals surface area contributed by atoms with E-state index in [4.69, 9.17) is 9.47 Å². The average Bonchev–Trinajstić information content (AvgIpc) is 2.86. The highest BCUT2D eigenvalue weighted by Gasteiger charge is 2.12. The number of ether oxygens (including phenoxy) is 2. The Kier molecular flexibility index (Phi) is 7.81. The largest absolute Gasteiger partial charge is 0.490 e. The lowest BCUT2D eigenvalue weighted by Crippen LogP contribution is -2.13. The highest BCUT2D eigenvalue weighted by Crippen LogP contribution is 2.30. The molecule has 1 N–H and O–H groups in total. The number of fused-ring (bicyclic) bond motifs is 1. The monoisotopic (exact) mass is 526 g/mol. The summed E-state index contributed by atoms with van der Waals surface area (Å²) >= 11 is 3.37. The topological polar surface area (TPSA) is 71.3 Å². The minimum absolute atomic E-state index is 0.0164. The Morgan fingerprint density at radius 1 is 0.943 bits per heavy atom. The van der Waals surface area contributed by atoms with E-state index in [1.165, 1.54) is 11.5 Å². The van der Waals surface area contributed by atoms with E-state index in [9.17, 15) is 10.1 Å². The predicted molar refractivity (Wildman–Crippen MR) is 142 cm³/mol. The summed E-state index contributed by atoms with van der Waals surface area (Å²) in [6, 6.07) is 28.9.